The number of aliphatic hydroxyl groups is 1. The number of carbonyl (C=O) groups excluding carboxylic acids is 1. The van der Waals surface area contributed by atoms with E-state index in [1.54, 1.807) is 4.90 Å². The fourth-order valence-corrected chi connectivity index (χ4v) is 1.68. The van der Waals surface area contributed by atoms with Gasteiger partial charge in [0.1, 0.15) is 5.76 Å². The predicted octanol–water partition coefficient (Wildman–Crippen LogP) is 1.94. The lowest BCUT2D eigenvalue weighted by molar-refractivity contribution is -0.127. The van der Waals surface area contributed by atoms with Gasteiger partial charge in [0.15, 0.2) is 0 Å². The zero-order valence-corrected chi connectivity index (χ0v) is 8.90. The first-order valence-corrected chi connectivity index (χ1v) is 5.19. The number of nitroso groups, excluding NO2 is 1. The number of hydrogen-bond donors (Lipinski definition) is 1. The highest BCUT2D eigenvalue weighted by Crippen LogP contribution is 2.14. The molecule has 0 atom stereocenters. The quantitative estimate of drug-likeness (QED) is 0.432. The van der Waals surface area contributed by atoms with E-state index in [1.165, 1.54) is 6.92 Å². The molecule has 0 aromatic carbocycles. The summed E-state index contributed by atoms with van der Waals surface area (Å²) < 4.78 is 0. The van der Waals surface area contributed by atoms with Crippen LogP contribution >= 0.6 is 0 Å². The Bertz CT molecular complexity index is 274. The van der Waals surface area contributed by atoms with Crippen molar-refractivity contribution >= 4 is 5.91 Å². The second kappa shape index (κ2) is 5.48. The van der Waals surface area contributed by atoms with Crippen molar-refractivity contribution in [3.05, 3.63) is 16.4 Å². The van der Waals surface area contributed by atoms with Crippen molar-refractivity contribution in [3.63, 3.8) is 0 Å². The van der Waals surface area contributed by atoms with E-state index in [4.69, 9.17) is 5.11 Å². The van der Waals surface area contributed by atoms with Crippen LogP contribution in [0, 0.1) is 4.91 Å². The Balaban J connectivity index is 2.73. The van der Waals surface area contributed by atoms with Crippen LogP contribution in [-0.2, 0) is 4.79 Å². The summed E-state index contributed by atoms with van der Waals surface area (Å²) >= 11 is 0. The van der Waals surface area contributed by atoms with Gasteiger partial charge in [-0.1, -0.05) is 12.8 Å². The first-order chi connectivity index (χ1) is 7.16. The van der Waals surface area contributed by atoms with Crippen LogP contribution in [0.4, 0.5) is 0 Å². The molecule has 84 valence electrons. The van der Waals surface area contributed by atoms with Gasteiger partial charge in [0.2, 0.25) is 5.70 Å². The number of likely N-dealkylation sites (tertiary alicyclic amines) is 1. The second-order valence-electron chi connectivity index (χ2n) is 3.73. The molecule has 0 radical (unpaired) electrons. The number of hydrogen-bond acceptors (Lipinski definition) is 4. The standard InChI is InChI=1S/C10H16N2O3/c1-8(13)9(11-15)10(14)12-6-4-2-3-5-7-12/h13H,2-7H2,1H3/b9-8+. The Morgan fingerprint density at radius 3 is 2.13 bits per heavy atom. The van der Waals surface area contributed by atoms with E-state index in [2.05, 4.69) is 5.18 Å². The topological polar surface area (TPSA) is 70.0 Å². The molecule has 1 N–H and O–H groups in total. The summed E-state index contributed by atoms with van der Waals surface area (Å²) in [5.74, 6) is -0.758. The van der Waals surface area contributed by atoms with Crippen LogP contribution in [-0.4, -0.2) is 29.0 Å². The predicted molar refractivity (Wildman–Crippen MR) is 56.2 cm³/mol. The molecule has 0 aromatic heterocycles. The van der Waals surface area contributed by atoms with Crippen LogP contribution in [0.2, 0.25) is 0 Å². The van der Waals surface area contributed by atoms with Crippen LogP contribution in [0.15, 0.2) is 16.6 Å². The number of aliphatic hydroxyl groups excluding tert-OH is 1. The van der Waals surface area contributed by atoms with Crippen molar-refractivity contribution in [2.24, 2.45) is 5.18 Å². The largest absolute Gasteiger partial charge is 0.510 e. The maximum absolute atomic E-state index is 11.7. The highest BCUT2D eigenvalue weighted by Gasteiger charge is 2.22. The van der Waals surface area contributed by atoms with E-state index in [9.17, 15) is 9.70 Å². The molecular formula is C10H16N2O3. The van der Waals surface area contributed by atoms with E-state index >= 15 is 0 Å². The van der Waals surface area contributed by atoms with Crippen LogP contribution < -0.4 is 0 Å². The van der Waals surface area contributed by atoms with Gasteiger partial charge in [0.05, 0.1) is 0 Å². The Kier molecular flexibility index (Phi) is 4.27. The van der Waals surface area contributed by atoms with E-state index in [0.717, 1.165) is 25.7 Å². The third-order valence-electron chi connectivity index (χ3n) is 2.53. The van der Waals surface area contributed by atoms with Crippen LogP contribution in [0.3, 0.4) is 0 Å². The number of carbonyl (C=O) groups is 1. The molecule has 1 aliphatic rings. The lowest BCUT2D eigenvalue weighted by Crippen LogP contribution is -2.33. The van der Waals surface area contributed by atoms with E-state index in [1.807, 2.05) is 0 Å². The van der Waals surface area contributed by atoms with Gasteiger partial charge < -0.3 is 10.0 Å². The number of amides is 1. The zero-order valence-electron chi connectivity index (χ0n) is 8.90. The molecule has 5 nitrogen and oxygen atoms in total. The highest BCUT2D eigenvalue weighted by atomic mass is 16.3. The summed E-state index contributed by atoms with van der Waals surface area (Å²) in [7, 11) is 0. The van der Waals surface area contributed by atoms with Gasteiger partial charge >= 0.3 is 0 Å². The van der Waals surface area contributed by atoms with Gasteiger partial charge in [-0.2, -0.15) is 0 Å². The average molecular weight is 212 g/mol. The van der Waals surface area contributed by atoms with Crippen molar-refractivity contribution in [2.75, 3.05) is 13.1 Å². The Morgan fingerprint density at radius 2 is 1.73 bits per heavy atom. The summed E-state index contributed by atoms with van der Waals surface area (Å²) in [6, 6.07) is 0. The van der Waals surface area contributed by atoms with Gasteiger partial charge in [-0.3, -0.25) is 4.79 Å². The Labute approximate surface area is 88.7 Å². The molecule has 0 aliphatic carbocycles. The minimum atomic E-state index is -0.452. The minimum absolute atomic E-state index is 0.306. The summed E-state index contributed by atoms with van der Waals surface area (Å²) in [6.45, 7) is 2.59. The molecule has 1 amide bonds. The lowest BCUT2D eigenvalue weighted by atomic mass is 10.2. The maximum Gasteiger partial charge on any atom is 0.279 e. The van der Waals surface area contributed by atoms with Crippen LogP contribution in [0.1, 0.15) is 32.6 Å². The van der Waals surface area contributed by atoms with Gasteiger partial charge in [0, 0.05) is 13.1 Å². The molecule has 0 spiro atoms. The molecule has 15 heavy (non-hydrogen) atoms. The van der Waals surface area contributed by atoms with Gasteiger partial charge in [-0.05, 0) is 24.9 Å². The normalized spacial score (nSPS) is 19.1. The fourth-order valence-electron chi connectivity index (χ4n) is 1.68. The Morgan fingerprint density at radius 1 is 1.20 bits per heavy atom. The number of allylic oxidation sites excluding steroid dienone is 1. The third kappa shape index (κ3) is 3.04. The fraction of sp³-hybridized carbons (Fsp3) is 0.700. The van der Waals surface area contributed by atoms with Crippen molar-refractivity contribution in [1.82, 2.24) is 4.90 Å². The first kappa shape index (κ1) is 11.7. The highest BCUT2D eigenvalue weighted by molar-refractivity contribution is 5.93. The Hall–Kier alpha value is -1.39. The molecule has 0 bridgehead atoms. The number of rotatable bonds is 2. The smallest absolute Gasteiger partial charge is 0.279 e. The zero-order chi connectivity index (χ0) is 11.3. The van der Waals surface area contributed by atoms with E-state index < -0.39 is 5.91 Å². The monoisotopic (exact) mass is 212 g/mol. The molecule has 1 rings (SSSR count). The van der Waals surface area contributed by atoms with E-state index in [0.29, 0.717) is 13.1 Å². The molecule has 1 saturated heterocycles. The SMILES string of the molecule is C/C(O)=C(\N=O)C(=O)N1CCCCCC1. The molecule has 1 heterocycles. The summed E-state index contributed by atoms with van der Waals surface area (Å²) in [4.78, 5) is 23.7. The average Bonchev–Trinajstić information content (AvgIpc) is 2.45. The molecule has 0 saturated carbocycles. The van der Waals surface area contributed by atoms with Crippen molar-refractivity contribution in [3.8, 4) is 0 Å². The minimum Gasteiger partial charge on any atom is -0.510 e. The number of nitrogens with zero attached hydrogens (tertiary/aromatic N) is 2. The second-order valence-corrected chi connectivity index (χ2v) is 3.73. The first-order valence-electron chi connectivity index (χ1n) is 5.19. The van der Waals surface area contributed by atoms with Gasteiger partial charge in [-0.25, -0.2) is 0 Å². The maximum atomic E-state index is 11.7. The van der Waals surface area contributed by atoms with Crippen molar-refractivity contribution in [1.29, 1.82) is 0 Å². The summed E-state index contributed by atoms with van der Waals surface area (Å²) in [5.41, 5.74) is -0.364. The molecule has 5 heteroatoms. The molecule has 0 unspecified atom stereocenters. The van der Waals surface area contributed by atoms with Crippen LogP contribution in [0.25, 0.3) is 0 Å². The van der Waals surface area contributed by atoms with Crippen LogP contribution in [0.5, 0.6) is 0 Å². The molecular weight excluding hydrogens is 196 g/mol. The van der Waals surface area contributed by atoms with Gasteiger partial charge in [0.25, 0.3) is 5.91 Å². The summed E-state index contributed by atoms with van der Waals surface area (Å²) in [6.07, 6.45) is 4.11. The van der Waals surface area contributed by atoms with Crippen molar-refractivity contribution < 1.29 is 9.90 Å². The van der Waals surface area contributed by atoms with Crippen molar-refractivity contribution in [2.45, 2.75) is 32.6 Å². The lowest BCUT2D eigenvalue weighted by Gasteiger charge is -2.19. The van der Waals surface area contributed by atoms with Gasteiger partial charge in [-0.15, -0.1) is 4.91 Å². The molecule has 0 aromatic rings. The molecule has 1 aliphatic heterocycles. The van der Waals surface area contributed by atoms with E-state index in [-0.39, 0.29) is 11.5 Å². The third-order valence-corrected chi connectivity index (χ3v) is 2.53. The molecule has 1 fully saturated rings. The summed E-state index contributed by atoms with van der Waals surface area (Å²) in [5, 5.41) is 11.7.